The van der Waals surface area contributed by atoms with Crippen molar-refractivity contribution in [3.63, 3.8) is 0 Å². The Kier molecular flexibility index (Phi) is 6.23. The molecule has 160 valence electrons. The molecule has 0 spiro atoms. The third kappa shape index (κ3) is 4.69. The van der Waals surface area contributed by atoms with Gasteiger partial charge in [0.2, 0.25) is 0 Å². The SMILES string of the molecule is Brc1cccc(N(c2ccccc2)c2cccc(N(c3ccccc3)c3ccccc3)c2)c1. The van der Waals surface area contributed by atoms with Crippen LogP contribution < -0.4 is 9.80 Å². The number of para-hydroxylation sites is 3. The molecule has 0 amide bonds. The molecule has 0 aliphatic carbocycles. The number of halogens is 1. The molecule has 5 aromatic carbocycles. The molecule has 0 N–H and O–H groups in total. The molecule has 0 bridgehead atoms. The Morgan fingerprint density at radius 2 is 0.667 bits per heavy atom. The van der Waals surface area contributed by atoms with Gasteiger partial charge in [0.15, 0.2) is 0 Å². The lowest BCUT2D eigenvalue weighted by Gasteiger charge is -2.29. The van der Waals surface area contributed by atoms with Gasteiger partial charge in [0, 0.05) is 38.6 Å². The van der Waals surface area contributed by atoms with Crippen LogP contribution in [0.1, 0.15) is 0 Å². The molecule has 0 radical (unpaired) electrons. The van der Waals surface area contributed by atoms with Crippen LogP contribution in [0.4, 0.5) is 34.1 Å². The van der Waals surface area contributed by atoms with Gasteiger partial charge in [-0.15, -0.1) is 0 Å². The lowest BCUT2D eigenvalue weighted by Crippen LogP contribution is -2.13. The molecule has 0 aliphatic rings. The number of benzene rings is 5. The topological polar surface area (TPSA) is 6.48 Å². The summed E-state index contributed by atoms with van der Waals surface area (Å²) in [5.74, 6) is 0. The van der Waals surface area contributed by atoms with Gasteiger partial charge in [-0.2, -0.15) is 0 Å². The summed E-state index contributed by atoms with van der Waals surface area (Å²) in [4.78, 5) is 4.57. The van der Waals surface area contributed by atoms with Crippen molar-refractivity contribution < 1.29 is 0 Å². The van der Waals surface area contributed by atoms with Gasteiger partial charge in [-0.05, 0) is 72.8 Å². The lowest BCUT2D eigenvalue weighted by molar-refractivity contribution is 1.25. The number of rotatable bonds is 6. The third-order valence-corrected chi connectivity index (χ3v) is 5.95. The molecule has 0 heterocycles. The van der Waals surface area contributed by atoms with Crippen LogP contribution in [0, 0.1) is 0 Å². The molecule has 5 rings (SSSR count). The number of nitrogens with zero attached hydrogens (tertiary/aromatic N) is 2. The van der Waals surface area contributed by atoms with Crippen molar-refractivity contribution in [3.8, 4) is 0 Å². The Hall–Kier alpha value is -3.82. The minimum Gasteiger partial charge on any atom is -0.310 e. The van der Waals surface area contributed by atoms with Gasteiger partial charge >= 0.3 is 0 Å². The summed E-state index contributed by atoms with van der Waals surface area (Å²) in [6.45, 7) is 0. The molecular weight excluding hydrogens is 468 g/mol. The summed E-state index contributed by atoms with van der Waals surface area (Å²) < 4.78 is 1.05. The van der Waals surface area contributed by atoms with E-state index in [2.05, 4.69) is 147 Å². The van der Waals surface area contributed by atoms with E-state index in [9.17, 15) is 0 Å². The van der Waals surface area contributed by atoms with Crippen LogP contribution >= 0.6 is 15.9 Å². The van der Waals surface area contributed by atoms with E-state index >= 15 is 0 Å². The second-order valence-electron chi connectivity index (χ2n) is 7.68. The molecular formula is C30H23BrN2. The van der Waals surface area contributed by atoms with Crippen molar-refractivity contribution in [3.05, 3.63) is 144 Å². The molecule has 0 unspecified atom stereocenters. The molecule has 0 saturated heterocycles. The molecule has 3 heteroatoms. The molecule has 0 atom stereocenters. The number of anilines is 6. The van der Waals surface area contributed by atoms with E-state index < -0.39 is 0 Å². The van der Waals surface area contributed by atoms with E-state index in [0.717, 1.165) is 38.6 Å². The van der Waals surface area contributed by atoms with E-state index in [1.165, 1.54) is 0 Å². The second kappa shape index (κ2) is 9.76. The van der Waals surface area contributed by atoms with Crippen LogP contribution in [0.5, 0.6) is 0 Å². The average Bonchev–Trinajstić information content (AvgIpc) is 2.87. The molecule has 0 saturated carbocycles. The van der Waals surface area contributed by atoms with Gasteiger partial charge in [-0.1, -0.05) is 82.7 Å². The molecule has 5 aromatic rings. The van der Waals surface area contributed by atoms with Crippen molar-refractivity contribution in [2.45, 2.75) is 0 Å². The first-order valence-electron chi connectivity index (χ1n) is 10.9. The van der Waals surface area contributed by atoms with Crippen LogP contribution in [0.25, 0.3) is 0 Å². The minimum absolute atomic E-state index is 1.05. The van der Waals surface area contributed by atoms with E-state index in [0.29, 0.717) is 0 Å². The van der Waals surface area contributed by atoms with Crippen molar-refractivity contribution in [2.24, 2.45) is 0 Å². The normalized spacial score (nSPS) is 10.6. The largest absolute Gasteiger partial charge is 0.310 e. The summed E-state index contributed by atoms with van der Waals surface area (Å²) in [5.41, 5.74) is 6.64. The van der Waals surface area contributed by atoms with Crippen LogP contribution in [-0.2, 0) is 0 Å². The number of hydrogen-bond acceptors (Lipinski definition) is 2. The first kappa shape index (κ1) is 21.0. The summed E-state index contributed by atoms with van der Waals surface area (Å²) in [6, 6.07) is 48.5. The van der Waals surface area contributed by atoms with Crippen LogP contribution in [0.2, 0.25) is 0 Å². The van der Waals surface area contributed by atoms with Gasteiger partial charge in [0.1, 0.15) is 0 Å². The quantitative estimate of drug-likeness (QED) is 0.233. The van der Waals surface area contributed by atoms with Crippen LogP contribution in [0.15, 0.2) is 144 Å². The third-order valence-electron chi connectivity index (χ3n) is 5.46. The highest BCUT2D eigenvalue weighted by molar-refractivity contribution is 9.10. The lowest BCUT2D eigenvalue weighted by atomic mass is 10.1. The van der Waals surface area contributed by atoms with E-state index in [1.807, 2.05) is 18.2 Å². The van der Waals surface area contributed by atoms with Crippen molar-refractivity contribution in [2.75, 3.05) is 9.80 Å². The van der Waals surface area contributed by atoms with Crippen molar-refractivity contribution in [1.82, 2.24) is 0 Å². The fourth-order valence-corrected chi connectivity index (χ4v) is 4.40. The van der Waals surface area contributed by atoms with E-state index in [4.69, 9.17) is 0 Å². The Morgan fingerprint density at radius 1 is 0.333 bits per heavy atom. The summed E-state index contributed by atoms with van der Waals surface area (Å²) in [7, 11) is 0. The predicted octanol–water partition coefficient (Wildman–Crippen LogP) is 9.39. The van der Waals surface area contributed by atoms with Gasteiger partial charge in [-0.25, -0.2) is 0 Å². The van der Waals surface area contributed by atoms with Crippen LogP contribution in [0.3, 0.4) is 0 Å². The highest BCUT2D eigenvalue weighted by Crippen LogP contribution is 2.40. The van der Waals surface area contributed by atoms with Gasteiger partial charge in [0.05, 0.1) is 0 Å². The van der Waals surface area contributed by atoms with Gasteiger partial charge in [0.25, 0.3) is 0 Å². The maximum absolute atomic E-state index is 3.64. The molecule has 0 aromatic heterocycles. The van der Waals surface area contributed by atoms with Crippen molar-refractivity contribution in [1.29, 1.82) is 0 Å². The second-order valence-corrected chi connectivity index (χ2v) is 8.59. The Morgan fingerprint density at radius 3 is 1.09 bits per heavy atom. The fraction of sp³-hybridized carbons (Fsp3) is 0. The summed E-state index contributed by atoms with van der Waals surface area (Å²) >= 11 is 3.64. The van der Waals surface area contributed by atoms with E-state index in [1.54, 1.807) is 0 Å². The smallest absolute Gasteiger partial charge is 0.0482 e. The molecule has 2 nitrogen and oxygen atoms in total. The monoisotopic (exact) mass is 490 g/mol. The van der Waals surface area contributed by atoms with Gasteiger partial charge < -0.3 is 9.80 Å². The molecule has 0 aliphatic heterocycles. The summed E-state index contributed by atoms with van der Waals surface area (Å²) in [6.07, 6.45) is 0. The minimum atomic E-state index is 1.05. The number of hydrogen-bond donors (Lipinski definition) is 0. The summed E-state index contributed by atoms with van der Waals surface area (Å²) in [5, 5.41) is 0. The van der Waals surface area contributed by atoms with Crippen LogP contribution in [-0.4, -0.2) is 0 Å². The zero-order valence-electron chi connectivity index (χ0n) is 18.1. The maximum atomic E-state index is 3.64. The highest BCUT2D eigenvalue weighted by Gasteiger charge is 2.16. The van der Waals surface area contributed by atoms with Crippen molar-refractivity contribution >= 4 is 50.1 Å². The standard InChI is InChI=1S/C30H23BrN2/c31-24-12-10-19-28(22-24)33(27-17-8-3-9-18-27)30-21-11-20-29(23-30)32(25-13-4-1-5-14-25)26-15-6-2-7-16-26/h1-23H. The zero-order valence-corrected chi connectivity index (χ0v) is 19.6. The zero-order chi connectivity index (χ0) is 22.5. The van der Waals surface area contributed by atoms with Gasteiger partial charge in [-0.3, -0.25) is 0 Å². The Balaban J connectivity index is 1.66. The predicted molar refractivity (Wildman–Crippen MR) is 144 cm³/mol. The highest BCUT2D eigenvalue weighted by atomic mass is 79.9. The first-order chi connectivity index (χ1) is 16.3. The van der Waals surface area contributed by atoms with E-state index in [-0.39, 0.29) is 0 Å². The molecule has 33 heavy (non-hydrogen) atoms. The maximum Gasteiger partial charge on any atom is 0.0482 e. The first-order valence-corrected chi connectivity index (χ1v) is 11.7. The average molecular weight is 491 g/mol. The molecule has 0 fully saturated rings. The Labute approximate surface area is 203 Å². The Bertz CT molecular complexity index is 1280. The fourth-order valence-electron chi connectivity index (χ4n) is 4.01.